The Balaban J connectivity index is 3.46. The zero-order chi connectivity index (χ0) is 13.6. The molecule has 0 amide bonds. The lowest BCUT2D eigenvalue weighted by Gasteiger charge is -2.22. The Hall–Kier alpha value is -0.0800. The van der Waals surface area contributed by atoms with Crippen molar-refractivity contribution in [2.24, 2.45) is 5.92 Å². The monoisotopic (exact) mass is 257 g/mol. The summed E-state index contributed by atoms with van der Waals surface area (Å²) < 4.78 is 5.99. The summed E-state index contributed by atoms with van der Waals surface area (Å²) in [7, 11) is 0. The predicted octanol–water partition coefficient (Wildman–Crippen LogP) is 4.39. The third kappa shape index (κ3) is 11.0. The van der Waals surface area contributed by atoms with E-state index in [0.29, 0.717) is 12.0 Å². The molecule has 0 fully saturated rings. The molecule has 2 heteroatoms. The summed E-state index contributed by atoms with van der Waals surface area (Å²) in [5, 5.41) is 3.46. The summed E-state index contributed by atoms with van der Waals surface area (Å²) in [6.45, 7) is 12.0. The first kappa shape index (κ1) is 17.9. The van der Waals surface area contributed by atoms with Gasteiger partial charge >= 0.3 is 0 Å². The third-order valence-corrected chi connectivity index (χ3v) is 3.35. The first-order valence-electron chi connectivity index (χ1n) is 8.04. The molecular weight excluding hydrogens is 222 g/mol. The Bertz CT molecular complexity index is 159. The highest BCUT2D eigenvalue weighted by Gasteiger charge is 2.12. The Labute approximate surface area is 115 Å². The number of hydrogen-bond donors (Lipinski definition) is 1. The molecule has 0 radical (unpaired) electrons. The van der Waals surface area contributed by atoms with Crippen LogP contribution in [0.4, 0.5) is 0 Å². The summed E-state index contributed by atoms with van der Waals surface area (Å²) in [5.41, 5.74) is 0. The van der Waals surface area contributed by atoms with Gasteiger partial charge in [-0.25, -0.2) is 0 Å². The molecule has 0 aliphatic rings. The van der Waals surface area contributed by atoms with Gasteiger partial charge in [-0.05, 0) is 25.3 Å². The van der Waals surface area contributed by atoms with Crippen LogP contribution in [0.1, 0.15) is 72.6 Å². The van der Waals surface area contributed by atoms with Gasteiger partial charge in [-0.15, -0.1) is 0 Å². The van der Waals surface area contributed by atoms with E-state index in [9.17, 15) is 0 Å². The highest BCUT2D eigenvalue weighted by molar-refractivity contribution is 4.65. The quantitative estimate of drug-likeness (QED) is 0.494. The second-order valence-corrected chi connectivity index (χ2v) is 5.63. The van der Waals surface area contributed by atoms with Gasteiger partial charge in [0, 0.05) is 13.2 Å². The van der Waals surface area contributed by atoms with Gasteiger partial charge in [-0.1, -0.05) is 59.8 Å². The van der Waals surface area contributed by atoms with Gasteiger partial charge in [0.1, 0.15) is 0 Å². The number of nitrogens with one attached hydrogen (secondary N) is 1. The Kier molecular flexibility index (Phi) is 13.3. The fourth-order valence-electron chi connectivity index (χ4n) is 2.03. The van der Waals surface area contributed by atoms with Gasteiger partial charge in [-0.3, -0.25) is 0 Å². The normalized spacial score (nSPS) is 13.2. The van der Waals surface area contributed by atoms with Crippen molar-refractivity contribution in [3.05, 3.63) is 0 Å². The van der Waals surface area contributed by atoms with Gasteiger partial charge in [0.25, 0.3) is 0 Å². The maximum Gasteiger partial charge on any atom is 0.0722 e. The lowest BCUT2D eigenvalue weighted by molar-refractivity contribution is 0.0209. The minimum Gasteiger partial charge on any atom is -0.377 e. The van der Waals surface area contributed by atoms with E-state index in [0.717, 1.165) is 19.7 Å². The summed E-state index contributed by atoms with van der Waals surface area (Å²) >= 11 is 0. The number of rotatable bonds is 13. The van der Waals surface area contributed by atoms with Crippen molar-refractivity contribution < 1.29 is 4.74 Å². The molecule has 0 saturated carbocycles. The van der Waals surface area contributed by atoms with Crippen molar-refractivity contribution in [3.8, 4) is 0 Å². The molecule has 2 nitrogen and oxygen atoms in total. The standard InChI is InChI=1S/C16H35NO/c1-5-7-8-9-10-11-13-18-16(15(3)4)14-17-12-6-2/h15-17H,5-14H2,1-4H3. The van der Waals surface area contributed by atoms with E-state index in [1.54, 1.807) is 0 Å². The van der Waals surface area contributed by atoms with Crippen LogP contribution < -0.4 is 5.32 Å². The number of unbranched alkanes of at least 4 members (excludes halogenated alkanes) is 5. The van der Waals surface area contributed by atoms with E-state index in [-0.39, 0.29) is 0 Å². The van der Waals surface area contributed by atoms with Crippen LogP contribution in [0.5, 0.6) is 0 Å². The molecule has 0 aromatic carbocycles. The zero-order valence-electron chi connectivity index (χ0n) is 13.1. The van der Waals surface area contributed by atoms with Gasteiger partial charge in [-0.2, -0.15) is 0 Å². The summed E-state index contributed by atoms with van der Waals surface area (Å²) in [5.74, 6) is 0.606. The van der Waals surface area contributed by atoms with Crippen molar-refractivity contribution in [2.75, 3.05) is 19.7 Å². The molecule has 1 atom stereocenters. The summed E-state index contributed by atoms with van der Waals surface area (Å²) in [6.07, 6.45) is 9.61. The van der Waals surface area contributed by atoms with Crippen molar-refractivity contribution in [1.82, 2.24) is 5.32 Å². The molecule has 0 aromatic heterocycles. The summed E-state index contributed by atoms with van der Waals surface area (Å²) in [6, 6.07) is 0. The molecule has 0 aliphatic carbocycles. The average molecular weight is 257 g/mol. The van der Waals surface area contributed by atoms with E-state index >= 15 is 0 Å². The van der Waals surface area contributed by atoms with Crippen LogP contribution in [0.25, 0.3) is 0 Å². The molecule has 18 heavy (non-hydrogen) atoms. The molecule has 110 valence electrons. The molecule has 0 aromatic rings. The van der Waals surface area contributed by atoms with Crippen LogP contribution in [-0.4, -0.2) is 25.8 Å². The second kappa shape index (κ2) is 13.4. The van der Waals surface area contributed by atoms with Crippen LogP contribution in [0.2, 0.25) is 0 Å². The number of hydrogen-bond acceptors (Lipinski definition) is 2. The highest BCUT2D eigenvalue weighted by Crippen LogP contribution is 2.09. The Morgan fingerprint density at radius 3 is 2.17 bits per heavy atom. The van der Waals surface area contributed by atoms with Gasteiger partial charge in [0.15, 0.2) is 0 Å². The topological polar surface area (TPSA) is 21.3 Å². The molecule has 0 rings (SSSR count). The molecule has 1 unspecified atom stereocenters. The molecular formula is C16H35NO. The largest absolute Gasteiger partial charge is 0.377 e. The molecule has 1 N–H and O–H groups in total. The summed E-state index contributed by atoms with van der Waals surface area (Å²) in [4.78, 5) is 0. The number of ether oxygens (including phenoxy) is 1. The fraction of sp³-hybridized carbons (Fsp3) is 1.00. The van der Waals surface area contributed by atoms with Gasteiger partial charge < -0.3 is 10.1 Å². The minimum atomic E-state index is 0.382. The van der Waals surface area contributed by atoms with E-state index in [1.807, 2.05) is 0 Å². The lowest BCUT2D eigenvalue weighted by Crippen LogP contribution is -2.33. The van der Waals surface area contributed by atoms with Crippen LogP contribution in [0, 0.1) is 5.92 Å². The van der Waals surface area contributed by atoms with E-state index in [1.165, 1.54) is 44.9 Å². The minimum absolute atomic E-state index is 0.382. The first-order chi connectivity index (χ1) is 8.72. The maximum absolute atomic E-state index is 5.99. The van der Waals surface area contributed by atoms with Crippen LogP contribution in [0.3, 0.4) is 0 Å². The Morgan fingerprint density at radius 1 is 0.889 bits per heavy atom. The molecule has 0 bridgehead atoms. The predicted molar refractivity (Wildman–Crippen MR) is 81.1 cm³/mol. The Morgan fingerprint density at radius 2 is 1.56 bits per heavy atom. The smallest absolute Gasteiger partial charge is 0.0722 e. The van der Waals surface area contributed by atoms with Crippen molar-refractivity contribution >= 4 is 0 Å². The molecule has 0 aliphatic heterocycles. The SMILES string of the molecule is CCCCCCCCOC(CNCCC)C(C)C. The van der Waals surface area contributed by atoms with E-state index < -0.39 is 0 Å². The van der Waals surface area contributed by atoms with Crippen LogP contribution in [0.15, 0.2) is 0 Å². The van der Waals surface area contributed by atoms with Crippen LogP contribution >= 0.6 is 0 Å². The van der Waals surface area contributed by atoms with Crippen molar-refractivity contribution in [1.29, 1.82) is 0 Å². The first-order valence-corrected chi connectivity index (χ1v) is 8.04. The van der Waals surface area contributed by atoms with Crippen molar-refractivity contribution in [2.45, 2.75) is 78.7 Å². The fourth-order valence-corrected chi connectivity index (χ4v) is 2.03. The zero-order valence-corrected chi connectivity index (χ0v) is 13.1. The average Bonchev–Trinajstić information content (AvgIpc) is 2.35. The second-order valence-electron chi connectivity index (χ2n) is 5.63. The van der Waals surface area contributed by atoms with Crippen molar-refractivity contribution in [3.63, 3.8) is 0 Å². The molecule has 0 saturated heterocycles. The third-order valence-electron chi connectivity index (χ3n) is 3.35. The maximum atomic E-state index is 5.99. The lowest BCUT2D eigenvalue weighted by atomic mass is 10.1. The van der Waals surface area contributed by atoms with Gasteiger partial charge in [0.05, 0.1) is 6.10 Å². The molecule has 0 spiro atoms. The van der Waals surface area contributed by atoms with E-state index in [2.05, 4.69) is 33.0 Å². The van der Waals surface area contributed by atoms with Gasteiger partial charge in [0.2, 0.25) is 0 Å². The van der Waals surface area contributed by atoms with E-state index in [4.69, 9.17) is 4.74 Å². The molecule has 0 heterocycles. The van der Waals surface area contributed by atoms with Crippen LogP contribution in [-0.2, 0) is 4.74 Å². The highest BCUT2D eigenvalue weighted by atomic mass is 16.5.